The van der Waals surface area contributed by atoms with Crippen LogP contribution in [0.4, 0.5) is 0 Å². The van der Waals surface area contributed by atoms with E-state index in [-0.39, 0.29) is 0 Å². The van der Waals surface area contributed by atoms with E-state index in [2.05, 4.69) is 67.1 Å². The third kappa shape index (κ3) is 3.94. The fourth-order valence-corrected chi connectivity index (χ4v) is 2.76. The monoisotopic (exact) mass is 285 g/mol. The summed E-state index contributed by atoms with van der Waals surface area (Å²) in [7, 11) is 0. The van der Waals surface area contributed by atoms with Gasteiger partial charge in [0, 0.05) is 23.8 Å². The molecule has 114 valence electrons. The second-order valence-corrected chi connectivity index (χ2v) is 5.73. The smallest absolute Gasteiger partial charge is 0.0571 e. The Bertz CT molecular complexity index is 554. The standard InChI is InChI=1S/C18H27N3/c1-5-11-21-15(4)18(13-20-21)17-9-7-16(8-10-17)12-14(3)19-6-2/h7-10,13-14,19H,5-6,11-12H2,1-4H3. The molecule has 3 nitrogen and oxygen atoms in total. The van der Waals surface area contributed by atoms with Crippen LogP contribution in [0.5, 0.6) is 0 Å². The van der Waals surface area contributed by atoms with Crippen LogP contribution in [-0.4, -0.2) is 22.4 Å². The number of hydrogen-bond donors (Lipinski definition) is 1. The Kier molecular flexibility index (Phi) is 5.57. The maximum atomic E-state index is 4.48. The van der Waals surface area contributed by atoms with Crippen molar-refractivity contribution in [2.45, 2.75) is 53.1 Å². The lowest BCUT2D eigenvalue weighted by molar-refractivity contribution is 0.565. The second-order valence-electron chi connectivity index (χ2n) is 5.73. The molecule has 0 saturated carbocycles. The first kappa shape index (κ1) is 15.8. The zero-order valence-corrected chi connectivity index (χ0v) is 13.7. The van der Waals surface area contributed by atoms with Crippen molar-refractivity contribution in [3.05, 3.63) is 41.7 Å². The summed E-state index contributed by atoms with van der Waals surface area (Å²) in [4.78, 5) is 0. The molecular formula is C18H27N3. The van der Waals surface area contributed by atoms with E-state index in [1.165, 1.54) is 22.4 Å². The van der Waals surface area contributed by atoms with Gasteiger partial charge in [-0.25, -0.2) is 0 Å². The normalized spacial score (nSPS) is 12.6. The molecule has 0 aliphatic heterocycles. The van der Waals surface area contributed by atoms with Gasteiger partial charge in [0.1, 0.15) is 0 Å². The summed E-state index contributed by atoms with van der Waals surface area (Å²) in [5, 5.41) is 7.94. The van der Waals surface area contributed by atoms with Gasteiger partial charge in [-0.1, -0.05) is 38.1 Å². The molecule has 0 amide bonds. The van der Waals surface area contributed by atoms with Gasteiger partial charge >= 0.3 is 0 Å². The number of rotatable bonds is 7. The predicted octanol–water partition coefficient (Wildman–Crippen LogP) is 3.81. The first-order valence-electron chi connectivity index (χ1n) is 8.00. The molecule has 1 aromatic carbocycles. The highest BCUT2D eigenvalue weighted by molar-refractivity contribution is 5.65. The van der Waals surface area contributed by atoms with Crippen molar-refractivity contribution in [1.82, 2.24) is 15.1 Å². The molecule has 0 aliphatic rings. The van der Waals surface area contributed by atoms with E-state index in [0.29, 0.717) is 6.04 Å². The maximum absolute atomic E-state index is 4.48. The number of benzene rings is 1. The van der Waals surface area contributed by atoms with Crippen LogP contribution in [-0.2, 0) is 13.0 Å². The predicted molar refractivity (Wildman–Crippen MR) is 89.5 cm³/mol. The summed E-state index contributed by atoms with van der Waals surface area (Å²) >= 11 is 0. The molecule has 0 fully saturated rings. The van der Waals surface area contributed by atoms with E-state index in [1.807, 2.05) is 6.20 Å². The minimum absolute atomic E-state index is 0.523. The third-order valence-corrected chi connectivity index (χ3v) is 3.90. The highest BCUT2D eigenvalue weighted by atomic mass is 15.3. The molecule has 0 radical (unpaired) electrons. The van der Waals surface area contributed by atoms with Crippen LogP contribution in [0.2, 0.25) is 0 Å². The quantitative estimate of drug-likeness (QED) is 0.838. The molecule has 0 spiro atoms. The van der Waals surface area contributed by atoms with Gasteiger partial charge in [-0.3, -0.25) is 4.68 Å². The van der Waals surface area contributed by atoms with E-state index in [1.54, 1.807) is 0 Å². The Labute approximate surface area is 128 Å². The lowest BCUT2D eigenvalue weighted by Crippen LogP contribution is -2.27. The van der Waals surface area contributed by atoms with E-state index >= 15 is 0 Å². The fourth-order valence-electron chi connectivity index (χ4n) is 2.76. The Morgan fingerprint density at radius 1 is 1.19 bits per heavy atom. The number of aryl methyl sites for hydroxylation is 1. The van der Waals surface area contributed by atoms with Crippen LogP contribution in [0.1, 0.15) is 38.4 Å². The minimum atomic E-state index is 0.523. The van der Waals surface area contributed by atoms with Gasteiger partial charge < -0.3 is 5.32 Å². The van der Waals surface area contributed by atoms with Crippen molar-refractivity contribution >= 4 is 0 Å². The SMILES string of the molecule is CCCn1ncc(-c2ccc(CC(C)NCC)cc2)c1C. The number of likely N-dealkylation sites (N-methyl/N-ethyl adjacent to an activating group) is 1. The van der Waals surface area contributed by atoms with Crippen LogP contribution in [0.3, 0.4) is 0 Å². The first-order chi connectivity index (χ1) is 10.2. The Morgan fingerprint density at radius 2 is 1.90 bits per heavy atom. The molecule has 1 unspecified atom stereocenters. The summed E-state index contributed by atoms with van der Waals surface area (Å²) in [6.45, 7) is 10.7. The van der Waals surface area contributed by atoms with Gasteiger partial charge in [0.2, 0.25) is 0 Å². The molecule has 1 heterocycles. The van der Waals surface area contributed by atoms with Gasteiger partial charge in [0.15, 0.2) is 0 Å². The first-order valence-corrected chi connectivity index (χ1v) is 8.00. The maximum Gasteiger partial charge on any atom is 0.0571 e. The number of hydrogen-bond acceptors (Lipinski definition) is 2. The zero-order valence-electron chi connectivity index (χ0n) is 13.7. The summed E-state index contributed by atoms with van der Waals surface area (Å²) in [5.74, 6) is 0. The third-order valence-electron chi connectivity index (χ3n) is 3.90. The van der Waals surface area contributed by atoms with E-state index in [9.17, 15) is 0 Å². The summed E-state index contributed by atoms with van der Waals surface area (Å²) < 4.78 is 2.09. The molecule has 21 heavy (non-hydrogen) atoms. The van der Waals surface area contributed by atoms with Crippen molar-refractivity contribution in [2.75, 3.05) is 6.54 Å². The molecule has 0 bridgehead atoms. The van der Waals surface area contributed by atoms with Crippen molar-refractivity contribution in [3.63, 3.8) is 0 Å². The Morgan fingerprint density at radius 3 is 2.52 bits per heavy atom. The van der Waals surface area contributed by atoms with Crippen LogP contribution in [0.15, 0.2) is 30.5 Å². The van der Waals surface area contributed by atoms with Crippen LogP contribution in [0.25, 0.3) is 11.1 Å². The van der Waals surface area contributed by atoms with Crippen LogP contribution < -0.4 is 5.32 Å². The highest BCUT2D eigenvalue weighted by Crippen LogP contribution is 2.23. The second kappa shape index (κ2) is 7.41. The van der Waals surface area contributed by atoms with Crippen LogP contribution >= 0.6 is 0 Å². The fraction of sp³-hybridized carbons (Fsp3) is 0.500. The molecule has 0 aliphatic carbocycles. The number of nitrogens with one attached hydrogen (secondary N) is 1. The van der Waals surface area contributed by atoms with Gasteiger partial charge in [0.05, 0.1) is 6.20 Å². The zero-order chi connectivity index (χ0) is 15.2. The number of aromatic nitrogens is 2. The molecule has 2 aromatic rings. The molecule has 1 atom stereocenters. The van der Waals surface area contributed by atoms with E-state index < -0.39 is 0 Å². The average Bonchev–Trinajstić information content (AvgIpc) is 2.82. The van der Waals surface area contributed by atoms with Gasteiger partial charge in [-0.05, 0) is 44.4 Å². The average molecular weight is 285 g/mol. The summed E-state index contributed by atoms with van der Waals surface area (Å²) in [6.07, 6.45) is 4.17. The molecule has 0 saturated heterocycles. The molecule has 3 heteroatoms. The number of nitrogens with zero attached hydrogens (tertiary/aromatic N) is 2. The molecule has 2 rings (SSSR count). The molecule has 1 aromatic heterocycles. The molecular weight excluding hydrogens is 258 g/mol. The lowest BCUT2D eigenvalue weighted by atomic mass is 10.0. The van der Waals surface area contributed by atoms with E-state index in [0.717, 1.165) is 25.9 Å². The highest BCUT2D eigenvalue weighted by Gasteiger charge is 2.08. The molecule has 1 N–H and O–H groups in total. The summed E-state index contributed by atoms with van der Waals surface area (Å²) in [6, 6.07) is 9.43. The topological polar surface area (TPSA) is 29.9 Å². The Hall–Kier alpha value is -1.61. The van der Waals surface area contributed by atoms with Crippen molar-refractivity contribution in [2.24, 2.45) is 0 Å². The Balaban J connectivity index is 2.11. The summed E-state index contributed by atoms with van der Waals surface area (Å²) in [5.41, 5.74) is 5.14. The lowest BCUT2D eigenvalue weighted by Gasteiger charge is -2.12. The van der Waals surface area contributed by atoms with Gasteiger partial charge in [0.25, 0.3) is 0 Å². The van der Waals surface area contributed by atoms with E-state index in [4.69, 9.17) is 0 Å². The minimum Gasteiger partial charge on any atom is -0.314 e. The van der Waals surface area contributed by atoms with Gasteiger partial charge in [-0.2, -0.15) is 5.10 Å². The van der Waals surface area contributed by atoms with Crippen molar-refractivity contribution < 1.29 is 0 Å². The van der Waals surface area contributed by atoms with Crippen molar-refractivity contribution in [1.29, 1.82) is 0 Å². The largest absolute Gasteiger partial charge is 0.314 e. The van der Waals surface area contributed by atoms with Crippen molar-refractivity contribution in [3.8, 4) is 11.1 Å². The van der Waals surface area contributed by atoms with Gasteiger partial charge in [-0.15, -0.1) is 0 Å². The van der Waals surface area contributed by atoms with Crippen LogP contribution in [0, 0.1) is 6.92 Å².